The molecule has 4 rings (SSSR count). The predicted octanol–water partition coefficient (Wildman–Crippen LogP) is 4.65. The Hall–Kier alpha value is -1.88. The molecule has 21 heavy (non-hydrogen) atoms. The molecule has 0 atom stereocenters. The average Bonchev–Trinajstić information content (AvgIpc) is 3.22. The van der Waals surface area contributed by atoms with Gasteiger partial charge in [0.1, 0.15) is 17.1 Å². The summed E-state index contributed by atoms with van der Waals surface area (Å²) >= 11 is 3.41. The van der Waals surface area contributed by atoms with E-state index in [4.69, 9.17) is 0 Å². The summed E-state index contributed by atoms with van der Waals surface area (Å²) in [5, 5.41) is 10.1. The van der Waals surface area contributed by atoms with Gasteiger partial charge < -0.3 is 9.67 Å². The van der Waals surface area contributed by atoms with E-state index in [1.807, 2.05) is 16.7 Å². The minimum Gasteiger partial charge on any atom is -0.507 e. The molecule has 0 aliphatic heterocycles. The topological polar surface area (TPSA) is 38.1 Å². The van der Waals surface area contributed by atoms with Gasteiger partial charge in [-0.15, -0.1) is 0 Å². The quantitative estimate of drug-likeness (QED) is 0.733. The summed E-state index contributed by atoms with van der Waals surface area (Å²) in [4.78, 5) is 4.45. The number of aromatic nitrogens is 2. The van der Waals surface area contributed by atoms with E-state index in [-0.39, 0.29) is 11.6 Å². The van der Waals surface area contributed by atoms with Gasteiger partial charge in [-0.1, -0.05) is 22.0 Å². The first-order valence-electron chi connectivity index (χ1n) is 6.80. The van der Waals surface area contributed by atoms with Crippen LogP contribution in [0.5, 0.6) is 5.75 Å². The van der Waals surface area contributed by atoms with Gasteiger partial charge in [-0.05, 0) is 43.2 Å². The van der Waals surface area contributed by atoms with Gasteiger partial charge in [0, 0.05) is 10.5 Å². The maximum Gasteiger partial charge on any atom is 0.151 e. The second kappa shape index (κ2) is 4.56. The first-order chi connectivity index (χ1) is 10.1. The molecule has 0 saturated heterocycles. The molecule has 3 nitrogen and oxygen atoms in total. The van der Waals surface area contributed by atoms with Crippen molar-refractivity contribution < 1.29 is 9.50 Å². The van der Waals surface area contributed by atoms with E-state index in [2.05, 4.69) is 20.9 Å². The lowest BCUT2D eigenvalue weighted by atomic mass is 10.2. The molecule has 0 bridgehead atoms. The van der Waals surface area contributed by atoms with Gasteiger partial charge >= 0.3 is 0 Å². The third kappa shape index (κ3) is 2.03. The number of phenols is 1. The molecular formula is C16H12BrFN2O. The normalized spacial score (nSPS) is 14.8. The highest BCUT2D eigenvalue weighted by Gasteiger charge is 2.30. The van der Waals surface area contributed by atoms with Crippen molar-refractivity contribution in [1.82, 2.24) is 9.55 Å². The number of hydrogen-bond acceptors (Lipinski definition) is 2. The van der Waals surface area contributed by atoms with Gasteiger partial charge in [0.15, 0.2) is 5.82 Å². The smallest absolute Gasteiger partial charge is 0.151 e. The largest absolute Gasteiger partial charge is 0.507 e. The molecule has 0 unspecified atom stereocenters. The zero-order valence-corrected chi connectivity index (χ0v) is 12.6. The standard InChI is InChI=1S/C16H12BrFN2O/c17-9-4-7-14(21)11(8-9)16-19-15-12(18)2-1-3-13(15)20(16)10-5-6-10/h1-4,7-8,10,21H,5-6H2. The number of hydrogen-bond donors (Lipinski definition) is 1. The van der Waals surface area contributed by atoms with Crippen LogP contribution in [0.15, 0.2) is 40.9 Å². The van der Waals surface area contributed by atoms with Crippen molar-refractivity contribution in [2.24, 2.45) is 0 Å². The molecular weight excluding hydrogens is 335 g/mol. The fourth-order valence-electron chi connectivity index (χ4n) is 2.66. The number of para-hydroxylation sites is 1. The van der Waals surface area contributed by atoms with Crippen LogP contribution in [0.4, 0.5) is 4.39 Å². The molecule has 1 aliphatic carbocycles. The van der Waals surface area contributed by atoms with Crippen LogP contribution in [0, 0.1) is 5.82 Å². The summed E-state index contributed by atoms with van der Waals surface area (Å²) < 4.78 is 16.9. The molecule has 0 spiro atoms. The van der Waals surface area contributed by atoms with Gasteiger partial charge in [-0.2, -0.15) is 0 Å². The van der Waals surface area contributed by atoms with Crippen LogP contribution in [0.25, 0.3) is 22.4 Å². The van der Waals surface area contributed by atoms with Crippen molar-refractivity contribution in [3.8, 4) is 17.1 Å². The lowest BCUT2D eigenvalue weighted by Crippen LogP contribution is -1.97. The Balaban J connectivity index is 2.06. The molecule has 0 amide bonds. The molecule has 106 valence electrons. The van der Waals surface area contributed by atoms with E-state index in [0.717, 1.165) is 22.8 Å². The van der Waals surface area contributed by atoms with E-state index in [1.165, 1.54) is 6.07 Å². The highest BCUT2D eigenvalue weighted by atomic mass is 79.9. The first-order valence-corrected chi connectivity index (χ1v) is 7.60. The number of aromatic hydroxyl groups is 1. The van der Waals surface area contributed by atoms with Gasteiger partial charge in [0.2, 0.25) is 0 Å². The van der Waals surface area contributed by atoms with Crippen LogP contribution >= 0.6 is 15.9 Å². The number of halogens is 2. The number of imidazole rings is 1. The maximum absolute atomic E-state index is 14.0. The summed E-state index contributed by atoms with van der Waals surface area (Å²) in [5.74, 6) is 0.440. The summed E-state index contributed by atoms with van der Waals surface area (Å²) in [5.41, 5.74) is 1.76. The van der Waals surface area contributed by atoms with Crippen molar-refractivity contribution in [3.05, 3.63) is 46.7 Å². The lowest BCUT2D eigenvalue weighted by molar-refractivity contribution is 0.476. The van der Waals surface area contributed by atoms with E-state index < -0.39 is 0 Å². The van der Waals surface area contributed by atoms with Crippen molar-refractivity contribution in [2.45, 2.75) is 18.9 Å². The fourth-order valence-corrected chi connectivity index (χ4v) is 3.02. The van der Waals surface area contributed by atoms with E-state index in [1.54, 1.807) is 18.2 Å². The number of nitrogens with zero attached hydrogens (tertiary/aromatic N) is 2. The Labute approximate surface area is 129 Å². The third-order valence-corrected chi connectivity index (χ3v) is 4.28. The number of phenolic OH excluding ortho intramolecular Hbond substituents is 1. The molecule has 2 aromatic carbocycles. The highest BCUT2D eigenvalue weighted by molar-refractivity contribution is 9.10. The Bertz CT molecular complexity index is 855. The zero-order valence-electron chi connectivity index (χ0n) is 11.1. The lowest BCUT2D eigenvalue weighted by Gasteiger charge is -2.09. The molecule has 1 N–H and O–H groups in total. The van der Waals surface area contributed by atoms with Crippen molar-refractivity contribution in [3.63, 3.8) is 0 Å². The SMILES string of the molecule is Oc1ccc(Br)cc1-c1nc2c(F)cccc2n1C1CC1. The molecule has 3 aromatic rings. The fraction of sp³-hybridized carbons (Fsp3) is 0.188. The van der Waals surface area contributed by atoms with Crippen LogP contribution in [-0.2, 0) is 0 Å². The summed E-state index contributed by atoms with van der Waals surface area (Å²) in [7, 11) is 0. The Morgan fingerprint density at radius 1 is 1.24 bits per heavy atom. The van der Waals surface area contributed by atoms with Crippen molar-refractivity contribution in [1.29, 1.82) is 0 Å². The maximum atomic E-state index is 14.0. The zero-order chi connectivity index (χ0) is 14.6. The van der Waals surface area contributed by atoms with Crippen LogP contribution in [0.2, 0.25) is 0 Å². The predicted molar refractivity (Wildman–Crippen MR) is 82.8 cm³/mol. The molecule has 0 radical (unpaired) electrons. The number of benzene rings is 2. The summed E-state index contributed by atoms with van der Waals surface area (Å²) in [6.45, 7) is 0. The molecule has 1 aromatic heterocycles. The van der Waals surface area contributed by atoms with Gasteiger partial charge in [-0.3, -0.25) is 0 Å². The Kier molecular flexibility index (Phi) is 2.79. The minimum absolute atomic E-state index is 0.149. The van der Waals surface area contributed by atoms with E-state index in [0.29, 0.717) is 22.9 Å². The minimum atomic E-state index is -0.331. The highest BCUT2D eigenvalue weighted by Crippen LogP contribution is 2.43. The van der Waals surface area contributed by atoms with Crippen LogP contribution in [0.3, 0.4) is 0 Å². The van der Waals surface area contributed by atoms with E-state index >= 15 is 0 Å². The second-order valence-corrected chi connectivity index (χ2v) is 6.22. The molecule has 1 saturated carbocycles. The molecule has 1 aliphatic rings. The Morgan fingerprint density at radius 3 is 2.81 bits per heavy atom. The monoisotopic (exact) mass is 346 g/mol. The molecule has 5 heteroatoms. The van der Waals surface area contributed by atoms with Crippen LogP contribution in [0.1, 0.15) is 18.9 Å². The number of fused-ring (bicyclic) bond motifs is 1. The summed E-state index contributed by atoms with van der Waals surface area (Å²) in [6, 6.07) is 10.5. The van der Waals surface area contributed by atoms with Crippen molar-refractivity contribution in [2.75, 3.05) is 0 Å². The van der Waals surface area contributed by atoms with Crippen molar-refractivity contribution >= 4 is 27.0 Å². The van der Waals surface area contributed by atoms with Gasteiger partial charge in [0.25, 0.3) is 0 Å². The summed E-state index contributed by atoms with van der Waals surface area (Å²) in [6.07, 6.45) is 2.12. The van der Waals surface area contributed by atoms with Crippen LogP contribution < -0.4 is 0 Å². The first kappa shape index (κ1) is 12.8. The van der Waals surface area contributed by atoms with Gasteiger partial charge in [-0.25, -0.2) is 9.37 Å². The molecule has 1 heterocycles. The second-order valence-electron chi connectivity index (χ2n) is 5.31. The third-order valence-electron chi connectivity index (χ3n) is 3.78. The Morgan fingerprint density at radius 2 is 2.05 bits per heavy atom. The number of rotatable bonds is 2. The van der Waals surface area contributed by atoms with E-state index in [9.17, 15) is 9.50 Å². The molecule has 1 fully saturated rings. The van der Waals surface area contributed by atoms with Gasteiger partial charge in [0.05, 0.1) is 11.1 Å². The average molecular weight is 347 g/mol. The van der Waals surface area contributed by atoms with Crippen LogP contribution in [-0.4, -0.2) is 14.7 Å².